The third kappa shape index (κ3) is 2.95. The van der Waals surface area contributed by atoms with Crippen LogP contribution >= 0.6 is 0 Å². The van der Waals surface area contributed by atoms with E-state index in [1.165, 1.54) is 5.56 Å². The Kier molecular flexibility index (Phi) is 3.87. The fourth-order valence-corrected chi connectivity index (χ4v) is 3.66. The standard InChI is InChI=1S/C19H24N4O2/c1-19(2,3)14-6-4-13(5-7-14)18(24)22-9-8-17-16(11-22)23-15(12-25-17)10-20-21-23/h4-7,10,16-17H,8-9,11-12H2,1-3H3/t16-,17-/m1/s1. The van der Waals surface area contributed by atoms with Crippen LogP contribution in [0.15, 0.2) is 30.5 Å². The number of hydrogen-bond acceptors (Lipinski definition) is 4. The Morgan fingerprint density at radius 3 is 2.72 bits per heavy atom. The first-order valence-electron chi connectivity index (χ1n) is 8.84. The number of aromatic nitrogens is 3. The van der Waals surface area contributed by atoms with Gasteiger partial charge in [-0.25, -0.2) is 4.68 Å². The number of carbonyl (C=O) groups is 1. The molecule has 0 aliphatic carbocycles. The van der Waals surface area contributed by atoms with Gasteiger partial charge in [-0.1, -0.05) is 38.1 Å². The van der Waals surface area contributed by atoms with Crippen molar-refractivity contribution in [3.8, 4) is 0 Å². The Morgan fingerprint density at radius 1 is 1.24 bits per heavy atom. The van der Waals surface area contributed by atoms with Gasteiger partial charge < -0.3 is 9.64 Å². The van der Waals surface area contributed by atoms with Gasteiger partial charge in [-0.05, 0) is 29.5 Å². The van der Waals surface area contributed by atoms with Gasteiger partial charge in [-0.2, -0.15) is 0 Å². The molecular weight excluding hydrogens is 316 g/mol. The van der Waals surface area contributed by atoms with Gasteiger partial charge in [0.1, 0.15) is 0 Å². The SMILES string of the molecule is CC(C)(C)c1ccc(C(=O)N2CC[C@H]3OCc4cnnn4[C@@H]3C2)cc1. The van der Waals surface area contributed by atoms with Crippen molar-refractivity contribution in [2.75, 3.05) is 13.1 Å². The second-order valence-corrected chi connectivity index (χ2v) is 7.95. The van der Waals surface area contributed by atoms with E-state index in [-0.39, 0.29) is 23.5 Å². The number of ether oxygens (including phenoxy) is 1. The minimum atomic E-state index is 0.0535. The molecule has 0 bridgehead atoms. The summed E-state index contributed by atoms with van der Waals surface area (Å²) in [5.74, 6) is 0.0751. The fraction of sp³-hybridized carbons (Fsp3) is 0.526. The Hall–Kier alpha value is -2.21. The molecule has 6 heteroatoms. The first-order chi connectivity index (χ1) is 11.9. The van der Waals surface area contributed by atoms with Crippen LogP contribution in [0.4, 0.5) is 0 Å². The van der Waals surface area contributed by atoms with Crippen LogP contribution in [-0.4, -0.2) is 45.0 Å². The molecule has 2 aliphatic heterocycles. The third-order valence-corrected chi connectivity index (χ3v) is 5.21. The van der Waals surface area contributed by atoms with E-state index in [1.54, 1.807) is 6.20 Å². The highest BCUT2D eigenvalue weighted by Gasteiger charge is 2.38. The molecule has 0 N–H and O–H groups in total. The Balaban J connectivity index is 1.52. The molecule has 1 aromatic heterocycles. The molecule has 2 aromatic rings. The molecule has 1 amide bonds. The van der Waals surface area contributed by atoms with Crippen molar-refractivity contribution in [1.82, 2.24) is 19.9 Å². The summed E-state index contributed by atoms with van der Waals surface area (Å²) in [6.07, 6.45) is 2.68. The van der Waals surface area contributed by atoms with Crippen LogP contribution in [0.2, 0.25) is 0 Å². The molecule has 1 aromatic carbocycles. The molecule has 25 heavy (non-hydrogen) atoms. The van der Waals surface area contributed by atoms with Crippen LogP contribution in [0.3, 0.4) is 0 Å². The largest absolute Gasteiger partial charge is 0.370 e. The second kappa shape index (κ2) is 5.95. The number of carbonyl (C=O) groups excluding carboxylic acids is 1. The maximum absolute atomic E-state index is 12.9. The van der Waals surface area contributed by atoms with Crippen LogP contribution in [-0.2, 0) is 16.8 Å². The second-order valence-electron chi connectivity index (χ2n) is 7.95. The molecule has 132 valence electrons. The van der Waals surface area contributed by atoms with Gasteiger partial charge >= 0.3 is 0 Å². The highest BCUT2D eigenvalue weighted by molar-refractivity contribution is 5.94. The molecule has 1 saturated heterocycles. The van der Waals surface area contributed by atoms with E-state index >= 15 is 0 Å². The average Bonchev–Trinajstić information content (AvgIpc) is 3.09. The molecule has 0 unspecified atom stereocenters. The molecule has 0 saturated carbocycles. The highest BCUT2D eigenvalue weighted by Crippen LogP contribution is 2.31. The summed E-state index contributed by atoms with van der Waals surface area (Å²) in [5, 5.41) is 8.18. The minimum Gasteiger partial charge on any atom is -0.370 e. The Morgan fingerprint density at radius 2 is 2.00 bits per heavy atom. The first-order valence-corrected chi connectivity index (χ1v) is 8.84. The van der Waals surface area contributed by atoms with Gasteiger partial charge in [-0.3, -0.25) is 4.79 Å². The molecule has 4 rings (SSSR count). The van der Waals surface area contributed by atoms with Gasteiger partial charge in [0.15, 0.2) is 0 Å². The van der Waals surface area contributed by atoms with Crippen LogP contribution < -0.4 is 0 Å². The van der Waals surface area contributed by atoms with Crippen LogP contribution in [0.25, 0.3) is 0 Å². The van der Waals surface area contributed by atoms with Crippen molar-refractivity contribution in [3.05, 3.63) is 47.3 Å². The van der Waals surface area contributed by atoms with Gasteiger partial charge in [0.05, 0.1) is 30.6 Å². The fourth-order valence-electron chi connectivity index (χ4n) is 3.66. The molecule has 3 heterocycles. The Bertz CT molecular complexity index is 775. The van der Waals surface area contributed by atoms with Crippen molar-refractivity contribution < 1.29 is 9.53 Å². The van der Waals surface area contributed by atoms with E-state index in [0.717, 1.165) is 17.7 Å². The predicted molar refractivity (Wildman–Crippen MR) is 93.3 cm³/mol. The maximum Gasteiger partial charge on any atom is 0.253 e. The normalized spacial score (nSPS) is 23.1. The molecule has 0 spiro atoms. The van der Waals surface area contributed by atoms with E-state index in [4.69, 9.17) is 4.74 Å². The summed E-state index contributed by atoms with van der Waals surface area (Å²) < 4.78 is 7.84. The van der Waals surface area contributed by atoms with Crippen molar-refractivity contribution in [1.29, 1.82) is 0 Å². The molecule has 2 aliphatic rings. The summed E-state index contributed by atoms with van der Waals surface area (Å²) in [6.45, 7) is 8.40. The minimum absolute atomic E-state index is 0.0535. The molecule has 1 fully saturated rings. The summed E-state index contributed by atoms with van der Waals surface area (Å²) in [4.78, 5) is 14.8. The highest BCUT2D eigenvalue weighted by atomic mass is 16.5. The quantitative estimate of drug-likeness (QED) is 0.800. The van der Waals surface area contributed by atoms with Crippen molar-refractivity contribution >= 4 is 5.91 Å². The smallest absolute Gasteiger partial charge is 0.253 e. The van der Waals surface area contributed by atoms with E-state index in [1.807, 2.05) is 21.7 Å². The summed E-state index contributed by atoms with van der Waals surface area (Å²) >= 11 is 0. The zero-order valence-corrected chi connectivity index (χ0v) is 15.0. The summed E-state index contributed by atoms with van der Waals surface area (Å²) in [6, 6.07) is 8.04. The van der Waals surface area contributed by atoms with Crippen molar-refractivity contribution in [2.45, 2.75) is 51.4 Å². The number of piperidine rings is 1. The predicted octanol–water partition coefficient (Wildman–Crippen LogP) is 2.56. The number of rotatable bonds is 1. The number of benzene rings is 1. The molecule has 2 atom stereocenters. The maximum atomic E-state index is 12.9. The number of hydrogen-bond donors (Lipinski definition) is 0. The number of amides is 1. The number of fused-ring (bicyclic) bond motifs is 3. The monoisotopic (exact) mass is 340 g/mol. The lowest BCUT2D eigenvalue weighted by molar-refractivity contribution is -0.0605. The van der Waals surface area contributed by atoms with Gasteiger partial charge in [0.2, 0.25) is 0 Å². The number of nitrogens with zero attached hydrogens (tertiary/aromatic N) is 4. The molecule has 6 nitrogen and oxygen atoms in total. The number of likely N-dealkylation sites (tertiary alicyclic amines) is 1. The van der Waals surface area contributed by atoms with Crippen LogP contribution in [0.1, 0.15) is 54.8 Å². The first kappa shape index (κ1) is 16.3. The van der Waals surface area contributed by atoms with E-state index in [0.29, 0.717) is 19.7 Å². The van der Waals surface area contributed by atoms with E-state index in [9.17, 15) is 4.79 Å². The lowest BCUT2D eigenvalue weighted by Crippen LogP contribution is -2.49. The Labute approximate surface area is 147 Å². The summed E-state index contributed by atoms with van der Waals surface area (Å²) in [5.41, 5.74) is 3.03. The average molecular weight is 340 g/mol. The zero-order valence-electron chi connectivity index (χ0n) is 15.0. The van der Waals surface area contributed by atoms with Crippen molar-refractivity contribution in [3.63, 3.8) is 0 Å². The topological polar surface area (TPSA) is 60.3 Å². The van der Waals surface area contributed by atoms with Gasteiger partial charge in [0.25, 0.3) is 5.91 Å². The zero-order chi connectivity index (χ0) is 17.6. The van der Waals surface area contributed by atoms with Gasteiger partial charge in [-0.15, -0.1) is 5.10 Å². The third-order valence-electron chi connectivity index (χ3n) is 5.21. The van der Waals surface area contributed by atoms with Crippen LogP contribution in [0, 0.1) is 0 Å². The van der Waals surface area contributed by atoms with Crippen LogP contribution in [0.5, 0.6) is 0 Å². The molecule has 0 radical (unpaired) electrons. The lowest BCUT2D eigenvalue weighted by Gasteiger charge is -2.41. The van der Waals surface area contributed by atoms with Crippen molar-refractivity contribution in [2.24, 2.45) is 0 Å². The summed E-state index contributed by atoms with van der Waals surface area (Å²) in [7, 11) is 0. The van der Waals surface area contributed by atoms with E-state index in [2.05, 4.69) is 43.2 Å². The molecular formula is C19H24N4O2. The lowest BCUT2D eigenvalue weighted by atomic mass is 9.86. The van der Waals surface area contributed by atoms with E-state index < -0.39 is 0 Å². The van der Waals surface area contributed by atoms with Gasteiger partial charge in [0, 0.05) is 18.7 Å².